The number of aromatic nitrogens is 4. The smallest absolute Gasteiger partial charge is 0.416 e. The number of nitrogens with one attached hydrogen (secondary N) is 1. The minimum absolute atomic E-state index is 0.267. The summed E-state index contributed by atoms with van der Waals surface area (Å²) >= 11 is 0. The second kappa shape index (κ2) is 6.49. The van der Waals surface area contributed by atoms with Crippen LogP contribution in [0, 0.1) is 0 Å². The number of hydrogen-bond donors (Lipinski definition) is 1. The van der Waals surface area contributed by atoms with E-state index in [0.717, 1.165) is 17.8 Å². The van der Waals surface area contributed by atoms with E-state index in [1.54, 1.807) is 33.8 Å². The van der Waals surface area contributed by atoms with Crippen molar-refractivity contribution in [1.29, 1.82) is 0 Å². The molecule has 0 aliphatic heterocycles. The molecule has 9 heteroatoms. The summed E-state index contributed by atoms with van der Waals surface area (Å²) in [6.07, 6.45) is -1.18. The fraction of sp³-hybridized carbons (Fsp3) is 0.222. The van der Waals surface area contributed by atoms with Crippen LogP contribution in [0.2, 0.25) is 0 Å². The Hall–Kier alpha value is -3.23. The summed E-state index contributed by atoms with van der Waals surface area (Å²) < 4.78 is 48.0. The van der Waals surface area contributed by atoms with Gasteiger partial charge in [-0.25, -0.2) is 4.98 Å². The monoisotopic (exact) mass is 375 g/mol. The predicted molar refractivity (Wildman–Crippen MR) is 93.1 cm³/mol. The highest BCUT2D eigenvalue weighted by atomic mass is 19.4. The number of alkyl halides is 3. The van der Waals surface area contributed by atoms with Gasteiger partial charge in [-0.15, -0.1) is 0 Å². The first kappa shape index (κ1) is 17.2. The van der Waals surface area contributed by atoms with Gasteiger partial charge in [0.1, 0.15) is 5.76 Å². The predicted octanol–water partition coefficient (Wildman–Crippen LogP) is 4.04. The molecule has 0 radical (unpaired) electrons. The molecule has 3 aromatic heterocycles. The summed E-state index contributed by atoms with van der Waals surface area (Å²) in [5, 5.41) is 7.29. The molecule has 1 aromatic carbocycles. The molecule has 0 saturated heterocycles. The van der Waals surface area contributed by atoms with Gasteiger partial charge in [-0.1, -0.05) is 0 Å². The molecule has 0 amide bonds. The molecule has 4 aromatic rings. The zero-order valence-electron chi connectivity index (χ0n) is 14.4. The van der Waals surface area contributed by atoms with Crippen molar-refractivity contribution in [1.82, 2.24) is 19.3 Å². The van der Waals surface area contributed by atoms with Crippen LogP contribution in [-0.4, -0.2) is 19.3 Å². The number of imidazole rings is 1. The molecule has 3 heterocycles. The highest BCUT2D eigenvalue weighted by molar-refractivity contribution is 5.79. The van der Waals surface area contributed by atoms with Crippen molar-refractivity contribution < 1.29 is 17.6 Å². The van der Waals surface area contributed by atoms with Crippen LogP contribution in [0.5, 0.6) is 0 Å². The normalized spacial score (nSPS) is 12.0. The Labute approximate surface area is 152 Å². The molecule has 0 atom stereocenters. The SMILES string of the molecule is Cn1nccc1CNc1nc2cc(C(F)(F)F)ccc2n1Cc1ccco1. The van der Waals surface area contributed by atoms with E-state index in [0.29, 0.717) is 30.3 Å². The summed E-state index contributed by atoms with van der Waals surface area (Å²) in [6, 6.07) is 8.98. The van der Waals surface area contributed by atoms with Gasteiger partial charge >= 0.3 is 6.18 Å². The van der Waals surface area contributed by atoms with Gasteiger partial charge in [-0.3, -0.25) is 4.68 Å². The maximum absolute atomic E-state index is 13.0. The van der Waals surface area contributed by atoms with Crippen molar-refractivity contribution >= 4 is 17.0 Å². The van der Waals surface area contributed by atoms with Crippen LogP contribution in [0.4, 0.5) is 19.1 Å². The average Bonchev–Trinajstić information content (AvgIpc) is 3.34. The topological polar surface area (TPSA) is 60.8 Å². The van der Waals surface area contributed by atoms with Crippen LogP contribution in [0.1, 0.15) is 17.0 Å². The van der Waals surface area contributed by atoms with Crippen molar-refractivity contribution in [3.8, 4) is 0 Å². The van der Waals surface area contributed by atoms with Gasteiger partial charge in [0.15, 0.2) is 0 Å². The molecule has 4 rings (SSSR count). The highest BCUT2D eigenvalue weighted by Gasteiger charge is 2.31. The lowest BCUT2D eigenvalue weighted by Gasteiger charge is -2.10. The summed E-state index contributed by atoms with van der Waals surface area (Å²) in [5.41, 5.74) is 1.05. The second-order valence-electron chi connectivity index (χ2n) is 6.10. The van der Waals surface area contributed by atoms with Gasteiger partial charge in [0, 0.05) is 13.2 Å². The van der Waals surface area contributed by atoms with Crippen molar-refractivity contribution in [3.05, 3.63) is 65.9 Å². The Morgan fingerprint density at radius 2 is 2.04 bits per heavy atom. The number of anilines is 1. The van der Waals surface area contributed by atoms with Crippen LogP contribution in [0.15, 0.2) is 53.3 Å². The number of halogens is 3. The van der Waals surface area contributed by atoms with E-state index in [-0.39, 0.29) is 5.52 Å². The van der Waals surface area contributed by atoms with Crippen LogP contribution in [-0.2, 0) is 26.3 Å². The number of hydrogen-bond acceptors (Lipinski definition) is 4. The van der Waals surface area contributed by atoms with Gasteiger partial charge in [0.25, 0.3) is 0 Å². The van der Waals surface area contributed by atoms with Gasteiger partial charge in [0.05, 0.1) is 41.6 Å². The maximum Gasteiger partial charge on any atom is 0.416 e. The van der Waals surface area contributed by atoms with Crippen LogP contribution < -0.4 is 5.32 Å². The molecule has 0 bridgehead atoms. The first-order valence-electron chi connectivity index (χ1n) is 8.22. The van der Waals surface area contributed by atoms with E-state index in [9.17, 15) is 13.2 Å². The molecule has 27 heavy (non-hydrogen) atoms. The number of furan rings is 1. The quantitative estimate of drug-likeness (QED) is 0.572. The van der Waals surface area contributed by atoms with E-state index in [2.05, 4.69) is 15.4 Å². The largest absolute Gasteiger partial charge is 0.467 e. The summed E-state index contributed by atoms with van der Waals surface area (Å²) in [4.78, 5) is 4.38. The lowest BCUT2D eigenvalue weighted by Crippen LogP contribution is -2.10. The highest BCUT2D eigenvalue weighted by Crippen LogP contribution is 2.32. The molecular weight excluding hydrogens is 359 g/mol. The lowest BCUT2D eigenvalue weighted by molar-refractivity contribution is -0.137. The molecule has 0 fully saturated rings. The van der Waals surface area contributed by atoms with Crippen molar-refractivity contribution in [2.45, 2.75) is 19.3 Å². The van der Waals surface area contributed by atoms with Gasteiger partial charge in [-0.2, -0.15) is 18.3 Å². The van der Waals surface area contributed by atoms with E-state index in [1.165, 1.54) is 6.07 Å². The Balaban J connectivity index is 1.73. The third-order valence-corrected chi connectivity index (χ3v) is 4.32. The van der Waals surface area contributed by atoms with E-state index in [1.807, 2.05) is 13.1 Å². The third kappa shape index (κ3) is 3.40. The summed E-state index contributed by atoms with van der Waals surface area (Å²) in [5.74, 6) is 1.14. The zero-order chi connectivity index (χ0) is 19.0. The molecule has 0 aliphatic carbocycles. The fourth-order valence-corrected chi connectivity index (χ4v) is 2.90. The molecule has 6 nitrogen and oxygen atoms in total. The van der Waals surface area contributed by atoms with Crippen molar-refractivity contribution in [2.24, 2.45) is 7.05 Å². The van der Waals surface area contributed by atoms with Crippen molar-refractivity contribution in [3.63, 3.8) is 0 Å². The molecular formula is C18H16F3N5O. The van der Waals surface area contributed by atoms with Crippen molar-refractivity contribution in [2.75, 3.05) is 5.32 Å². The van der Waals surface area contributed by atoms with Crippen LogP contribution in [0.25, 0.3) is 11.0 Å². The van der Waals surface area contributed by atoms with Crippen LogP contribution >= 0.6 is 0 Å². The standard InChI is InChI=1S/C18H16F3N5O/c1-25-13(6-7-23-25)10-22-17-24-15-9-12(18(19,20)21)4-5-16(15)26(17)11-14-3-2-8-27-14/h2-9H,10-11H2,1H3,(H,22,24). The summed E-state index contributed by atoms with van der Waals surface area (Å²) in [7, 11) is 1.82. The van der Waals surface area contributed by atoms with E-state index in [4.69, 9.17) is 4.42 Å². The number of benzene rings is 1. The van der Waals surface area contributed by atoms with Gasteiger partial charge in [0.2, 0.25) is 5.95 Å². The zero-order valence-corrected chi connectivity index (χ0v) is 14.4. The third-order valence-electron chi connectivity index (χ3n) is 4.32. The maximum atomic E-state index is 13.0. The number of nitrogens with zero attached hydrogens (tertiary/aromatic N) is 4. The molecule has 0 spiro atoms. The number of aryl methyl sites for hydroxylation is 1. The number of rotatable bonds is 5. The first-order valence-corrected chi connectivity index (χ1v) is 8.22. The molecule has 0 unspecified atom stereocenters. The average molecular weight is 375 g/mol. The molecule has 0 saturated carbocycles. The minimum Gasteiger partial charge on any atom is -0.467 e. The van der Waals surface area contributed by atoms with E-state index < -0.39 is 11.7 Å². The molecule has 140 valence electrons. The minimum atomic E-state index is -4.42. The molecule has 1 N–H and O–H groups in total. The van der Waals surface area contributed by atoms with Gasteiger partial charge < -0.3 is 14.3 Å². The van der Waals surface area contributed by atoms with Crippen LogP contribution in [0.3, 0.4) is 0 Å². The Bertz CT molecular complexity index is 1060. The second-order valence-corrected chi connectivity index (χ2v) is 6.10. The summed E-state index contributed by atoms with van der Waals surface area (Å²) in [6.45, 7) is 0.784. The Morgan fingerprint density at radius 1 is 1.19 bits per heavy atom. The van der Waals surface area contributed by atoms with Gasteiger partial charge in [-0.05, 0) is 36.4 Å². The first-order chi connectivity index (χ1) is 12.9. The fourth-order valence-electron chi connectivity index (χ4n) is 2.90. The van der Waals surface area contributed by atoms with E-state index >= 15 is 0 Å². The Morgan fingerprint density at radius 3 is 2.70 bits per heavy atom. The lowest BCUT2D eigenvalue weighted by atomic mass is 10.2. The Kier molecular flexibility index (Phi) is 4.14. The number of fused-ring (bicyclic) bond motifs is 1. The molecule has 0 aliphatic rings.